The van der Waals surface area contributed by atoms with E-state index in [1.54, 1.807) is 20.3 Å². The maximum Gasteiger partial charge on any atom is 0.251 e. The first-order chi connectivity index (χ1) is 11.5. The van der Waals surface area contributed by atoms with Gasteiger partial charge in [-0.05, 0) is 31.7 Å². The molecule has 132 valence electrons. The van der Waals surface area contributed by atoms with E-state index in [-0.39, 0.29) is 17.9 Å². The van der Waals surface area contributed by atoms with Gasteiger partial charge in [-0.25, -0.2) is 0 Å². The molecule has 0 unspecified atom stereocenters. The predicted molar refractivity (Wildman–Crippen MR) is 88.2 cm³/mol. The Hall–Kier alpha value is -1.89. The van der Waals surface area contributed by atoms with Gasteiger partial charge >= 0.3 is 0 Å². The van der Waals surface area contributed by atoms with Crippen LogP contribution in [0, 0.1) is 0 Å². The van der Waals surface area contributed by atoms with Crippen LogP contribution in [0.2, 0.25) is 0 Å². The van der Waals surface area contributed by atoms with Crippen LogP contribution in [0.4, 0.5) is 0 Å². The zero-order valence-electron chi connectivity index (χ0n) is 14.6. The summed E-state index contributed by atoms with van der Waals surface area (Å²) < 4.78 is 7.63. The molecule has 2 aliphatic heterocycles. The largest absolute Gasteiger partial charge is 0.355 e. The highest BCUT2D eigenvalue weighted by Gasteiger charge is 2.40. The summed E-state index contributed by atoms with van der Waals surface area (Å²) in [6.45, 7) is 0.771. The van der Waals surface area contributed by atoms with Gasteiger partial charge in [-0.3, -0.25) is 14.3 Å². The third kappa shape index (κ3) is 3.31. The second-order valence-corrected chi connectivity index (χ2v) is 6.90. The van der Waals surface area contributed by atoms with Crippen LogP contribution in [0.15, 0.2) is 12.3 Å². The van der Waals surface area contributed by atoms with Gasteiger partial charge in [0, 0.05) is 52.0 Å². The van der Waals surface area contributed by atoms with Gasteiger partial charge in [0.25, 0.3) is 11.8 Å². The summed E-state index contributed by atoms with van der Waals surface area (Å²) in [7, 11) is 5.35. The van der Waals surface area contributed by atoms with Crippen LogP contribution >= 0.6 is 0 Å². The Labute approximate surface area is 142 Å². The lowest BCUT2D eigenvalue weighted by Gasteiger charge is -2.27. The lowest BCUT2D eigenvalue weighted by molar-refractivity contribution is -0.150. The number of likely N-dealkylation sites (N-methyl/N-ethyl adjacent to an activating group) is 1. The van der Waals surface area contributed by atoms with Crippen molar-refractivity contribution in [1.29, 1.82) is 0 Å². The molecule has 2 fully saturated rings. The molecular weight excluding hydrogens is 308 g/mol. The smallest absolute Gasteiger partial charge is 0.251 e. The molecule has 2 saturated heterocycles. The summed E-state index contributed by atoms with van der Waals surface area (Å²) in [6.07, 6.45) is 4.90. The first-order valence-electron chi connectivity index (χ1n) is 8.61. The van der Waals surface area contributed by atoms with E-state index >= 15 is 0 Å². The zero-order chi connectivity index (χ0) is 17.3. The Balaban J connectivity index is 1.62. The highest BCUT2D eigenvalue weighted by molar-refractivity contribution is 5.85. The minimum Gasteiger partial charge on any atom is -0.355 e. The number of hydrogen-bond acceptors (Lipinski definition) is 4. The van der Waals surface area contributed by atoms with Crippen molar-refractivity contribution in [3.8, 4) is 0 Å². The summed E-state index contributed by atoms with van der Waals surface area (Å²) in [5.74, 6) is -0.0214. The maximum atomic E-state index is 12.9. The molecule has 0 aliphatic carbocycles. The third-order valence-corrected chi connectivity index (χ3v) is 5.04. The molecule has 3 heterocycles. The van der Waals surface area contributed by atoms with E-state index in [1.165, 1.54) is 4.90 Å². The fraction of sp³-hybridized carbons (Fsp3) is 0.706. The monoisotopic (exact) mass is 334 g/mol. The van der Waals surface area contributed by atoms with Crippen LogP contribution in [-0.2, 0) is 27.8 Å². The molecular formula is C17H26N4O3. The number of aromatic nitrogens is 2. The van der Waals surface area contributed by atoms with E-state index in [9.17, 15) is 9.59 Å². The average molecular weight is 334 g/mol. The Morgan fingerprint density at radius 2 is 2.04 bits per heavy atom. The molecule has 2 amide bonds. The standard InChI is InChI=1S/C17H26N4O3/c1-19(2)16(22)14-6-7-15(24-14)17(23)21-10-4-5-13(21)11-12-8-9-18-20(12)3/h8-9,13-15H,4-7,10-11H2,1-3H3/t13-,14-,15+/m0/s1. The van der Waals surface area contributed by atoms with Gasteiger partial charge in [0.15, 0.2) is 0 Å². The topological polar surface area (TPSA) is 67.7 Å². The van der Waals surface area contributed by atoms with E-state index in [4.69, 9.17) is 4.74 Å². The summed E-state index contributed by atoms with van der Waals surface area (Å²) in [4.78, 5) is 28.3. The molecule has 1 aromatic heterocycles. The normalized spacial score (nSPS) is 26.8. The Bertz CT molecular complexity index is 613. The number of aryl methyl sites for hydroxylation is 1. The number of nitrogens with zero attached hydrogens (tertiary/aromatic N) is 4. The lowest BCUT2D eigenvalue weighted by atomic mass is 10.1. The number of carbonyl (C=O) groups is 2. The predicted octanol–water partition coefficient (Wildman–Crippen LogP) is 0.589. The second kappa shape index (κ2) is 6.93. The Kier molecular flexibility index (Phi) is 4.89. The number of carbonyl (C=O) groups excluding carboxylic acids is 2. The van der Waals surface area contributed by atoms with Gasteiger partial charge in [0.2, 0.25) is 0 Å². The zero-order valence-corrected chi connectivity index (χ0v) is 14.6. The molecule has 1 aromatic rings. The van der Waals surface area contributed by atoms with Gasteiger partial charge in [0.05, 0.1) is 0 Å². The summed E-state index contributed by atoms with van der Waals surface area (Å²) in [6, 6.07) is 2.19. The number of likely N-dealkylation sites (tertiary alicyclic amines) is 1. The quantitative estimate of drug-likeness (QED) is 0.808. The van der Waals surface area contributed by atoms with E-state index in [2.05, 4.69) is 5.10 Å². The van der Waals surface area contributed by atoms with Gasteiger partial charge in [-0.15, -0.1) is 0 Å². The van der Waals surface area contributed by atoms with Crippen LogP contribution in [0.5, 0.6) is 0 Å². The number of ether oxygens (including phenoxy) is 1. The molecule has 0 radical (unpaired) electrons. The minimum absolute atomic E-state index is 0.0359. The first-order valence-corrected chi connectivity index (χ1v) is 8.61. The molecule has 7 nitrogen and oxygen atoms in total. The van der Waals surface area contributed by atoms with Crippen LogP contribution in [0.1, 0.15) is 31.4 Å². The first kappa shape index (κ1) is 17.0. The van der Waals surface area contributed by atoms with Crippen LogP contribution in [0.25, 0.3) is 0 Å². The van der Waals surface area contributed by atoms with E-state index < -0.39 is 12.2 Å². The fourth-order valence-electron chi connectivity index (χ4n) is 3.65. The van der Waals surface area contributed by atoms with E-state index in [0.717, 1.165) is 31.5 Å². The van der Waals surface area contributed by atoms with Crippen LogP contribution < -0.4 is 0 Å². The Morgan fingerprint density at radius 3 is 2.71 bits per heavy atom. The molecule has 24 heavy (non-hydrogen) atoms. The van der Waals surface area contributed by atoms with Crippen LogP contribution in [0.3, 0.4) is 0 Å². The van der Waals surface area contributed by atoms with Crippen LogP contribution in [-0.4, -0.2) is 70.3 Å². The summed E-state index contributed by atoms with van der Waals surface area (Å²) >= 11 is 0. The van der Waals surface area contributed by atoms with Gasteiger partial charge in [-0.2, -0.15) is 5.10 Å². The van der Waals surface area contributed by atoms with Gasteiger partial charge < -0.3 is 14.5 Å². The minimum atomic E-state index is -0.481. The third-order valence-electron chi connectivity index (χ3n) is 5.04. The molecule has 0 spiro atoms. The molecule has 2 aliphatic rings. The van der Waals surface area contributed by atoms with E-state index in [1.807, 2.05) is 22.7 Å². The van der Waals surface area contributed by atoms with Crippen molar-refractivity contribution in [3.63, 3.8) is 0 Å². The highest BCUT2D eigenvalue weighted by atomic mass is 16.5. The SMILES string of the molecule is CN(C)C(=O)[C@@H]1CC[C@H](C(=O)N2CCC[C@H]2Cc2ccnn2C)O1. The van der Waals surface area contributed by atoms with Crippen molar-refractivity contribution in [2.75, 3.05) is 20.6 Å². The van der Waals surface area contributed by atoms with Gasteiger partial charge in [-0.1, -0.05) is 0 Å². The molecule has 0 N–H and O–H groups in total. The molecule has 3 atom stereocenters. The number of hydrogen-bond donors (Lipinski definition) is 0. The van der Waals surface area contributed by atoms with E-state index in [0.29, 0.717) is 12.8 Å². The van der Waals surface area contributed by atoms with Gasteiger partial charge in [0.1, 0.15) is 12.2 Å². The van der Waals surface area contributed by atoms with Crippen molar-refractivity contribution in [2.45, 2.75) is 50.4 Å². The second-order valence-electron chi connectivity index (χ2n) is 6.90. The molecule has 7 heteroatoms. The highest BCUT2D eigenvalue weighted by Crippen LogP contribution is 2.27. The number of amides is 2. The molecule has 0 saturated carbocycles. The number of rotatable bonds is 4. The fourth-order valence-corrected chi connectivity index (χ4v) is 3.65. The molecule has 3 rings (SSSR count). The molecule has 0 aromatic carbocycles. The Morgan fingerprint density at radius 1 is 1.29 bits per heavy atom. The lowest BCUT2D eigenvalue weighted by Crippen LogP contribution is -2.44. The average Bonchev–Trinajstić information content (AvgIpc) is 3.28. The van der Waals surface area contributed by atoms with Crippen molar-refractivity contribution in [1.82, 2.24) is 19.6 Å². The van der Waals surface area contributed by atoms with Crippen molar-refractivity contribution in [2.24, 2.45) is 7.05 Å². The summed E-state index contributed by atoms with van der Waals surface area (Å²) in [5.41, 5.74) is 1.13. The van der Waals surface area contributed by atoms with Crippen molar-refractivity contribution < 1.29 is 14.3 Å². The maximum absolute atomic E-state index is 12.9. The summed E-state index contributed by atoms with van der Waals surface area (Å²) in [5, 5.41) is 4.20. The van der Waals surface area contributed by atoms with Crippen molar-refractivity contribution in [3.05, 3.63) is 18.0 Å². The molecule has 0 bridgehead atoms. The van der Waals surface area contributed by atoms with Crippen molar-refractivity contribution >= 4 is 11.8 Å².